The minimum absolute atomic E-state index is 0.331. The van der Waals surface area contributed by atoms with Gasteiger partial charge in [-0.3, -0.25) is 4.79 Å². The fourth-order valence-electron chi connectivity index (χ4n) is 1.28. The van der Waals surface area contributed by atoms with E-state index in [4.69, 9.17) is 0 Å². The van der Waals surface area contributed by atoms with Gasteiger partial charge >= 0.3 is 0 Å². The Hall–Kier alpha value is -1.14. The second kappa shape index (κ2) is 5.01. The van der Waals surface area contributed by atoms with Crippen LogP contribution in [0, 0.1) is 5.82 Å². The highest BCUT2D eigenvalue weighted by molar-refractivity contribution is 9.10. The zero-order valence-electron chi connectivity index (χ0n) is 8.43. The first-order valence-corrected chi connectivity index (χ1v) is 6.25. The standard InChI is InChI=1S/C11H7Br2FN2O/c12-6-3-10(15-5-6)11(17)16-9-4-7(14)1-2-8(9)13/h1-5,15H,(H,16,17). The van der Waals surface area contributed by atoms with Gasteiger partial charge in [-0.2, -0.15) is 0 Å². The molecule has 2 aromatic rings. The van der Waals surface area contributed by atoms with Crippen molar-refractivity contribution in [2.75, 3.05) is 5.32 Å². The lowest BCUT2D eigenvalue weighted by molar-refractivity contribution is 0.102. The molecule has 0 fully saturated rings. The minimum Gasteiger partial charge on any atom is -0.356 e. The first kappa shape index (κ1) is 12.3. The van der Waals surface area contributed by atoms with Gasteiger partial charge in [0.2, 0.25) is 0 Å². The fraction of sp³-hybridized carbons (Fsp3) is 0. The molecule has 1 aromatic heterocycles. The average molecular weight is 362 g/mol. The summed E-state index contributed by atoms with van der Waals surface area (Å²) in [4.78, 5) is 14.6. The van der Waals surface area contributed by atoms with E-state index in [2.05, 4.69) is 42.2 Å². The van der Waals surface area contributed by atoms with Crippen LogP contribution in [0.15, 0.2) is 39.4 Å². The molecule has 0 aliphatic rings. The van der Waals surface area contributed by atoms with Gasteiger partial charge in [0.15, 0.2) is 0 Å². The van der Waals surface area contributed by atoms with Gasteiger partial charge in [-0.05, 0) is 56.1 Å². The van der Waals surface area contributed by atoms with Crippen LogP contribution in [-0.2, 0) is 0 Å². The van der Waals surface area contributed by atoms with Crippen LogP contribution in [0.5, 0.6) is 0 Å². The molecular formula is C11H7Br2FN2O. The van der Waals surface area contributed by atoms with Gasteiger partial charge < -0.3 is 10.3 Å². The van der Waals surface area contributed by atoms with Crippen molar-refractivity contribution in [1.29, 1.82) is 0 Å². The molecule has 2 N–H and O–H groups in total. The van der Waals surface area contributed by atoms with Crippen LogP contribution in [0.25, 0.3) is 0 Å². The lowest BCUT2D eigenvalue weighted by Gasteiger charge is -2.06. The Bertz CT molecular complexity index is 568. The van der Waals surface area contributed by atoms with Crippen molar-refractivity contribution in [3.05, 3.63) is 50.9 Å². The number of aromatic nitrogens is 1. The summed E-state index contributed by atoms with van der Waals surface area (Å²) in [6.07, 6.45) is 1.65. The van der Waals surface area contributed by atoms with Gasteiger partial charge in [0.1, 0.15) is 11.5 Å². The summed E-state index contributed by atoms with van der Waals surface area (Å²) in [6, 6.07) is 5.74. The Kier molecular flexibility index (Phi) is 3.63. The number of hydrogen-bond acceptors (Lipinski definition) is 1. The van der Waals surface area contributed by atoms with E-state index < -0.39 is 5.82 Å². The number of anilines is 1. The largest absolute Gasteiger partial charge is 0.356 e. The molecule has 2 rings (SSSR count). The second-order valence-corrected chi connectivity index (χ2v) is 5.08. The van der Waals surface area contributed by atoms with Crippen LogP contribution in [-0.4, -0.2) is 10.9 Å². The first-order valence-electron chi connectivity index (χ1n) is 4.66. The van der Waals surface area contributed by atoms with Gasteiger partial charge in [-0.15, -0.1) is 0 Å². The Morgan fingerprint density at radius 2 is 2.06 bits per heavy atom. The highest BCUT2D eigenvalue weighted by Crippen LogP contribution is 2.23. The smallest absolute Gasteiger partial charge is 0.272 e. The molecule has 88 valence electrons. The SMILES string of the molecule is O=C(Nc1cc(F)ccc1Br)c1cc(Br)c[nH]1. The van der Waals surface area contributed by atoms with Gasteiger partial charge in [0, 0.05) is 15.1 Å². The average Bonchev–Trinajstić information content (AvgIpc) is 2.70. The number of benzene rings is 1. The molecule has 1 amide bonds. The normalized spacial score (nSPS) is 10.3. The molecule has 0 aliphatic heterocycles. The summed E-state index contributed by atoms with van der Waals surface area (Å²) < 4.78 is 14.4. The van der Waals surface area contributed by atoms with Crippen LogP contribution in [0.3, 0.4) is 0 Å². The van der Waals surface area contributed by atoms with Crippen molar-refractivity contribution in [2.24, 2.45) is 0 Å². The quantitative estimate of drug-likeness (QED) is 0.836. The Morgan fingerprint density at radius 1 is 1.29 bits per heavy atom. The third-order valence-electron chi connectivity index (χ3n) is 2.07. The van der Waals surface area contributed by atoms with E-state index >= 15 is 0 Å². The van der Waals surface area contributed by atoms with Gasteiger partial charge in [-0.25, -0.2) is 4.39 Å². The Morgan fingerprint density at radius 3 is 2.71 bits per heavy atom. The number of carbonyl (C=O) groups is 1. The highest BCUT2D eigenvalue weighted by Gasteiger charge is 2.10. The number of halogens is 3. The topological polar surface area (TPSA) is 44.9 Å². The number of hydrogen-bond donors (Lipinski definition) is 2. The number of amides is 1. The summed E-state index contributed by atoms with van der Waals surface area (Å²) in [6.45, 7) is 0. The van der Waals surface area contributed by atoms with Gasteiger partial charge in [0.05, 0.1) is 5.69 Å². The van der Waals surface area contributed by atoms with E-state index in [9.17, 15) is 9.18 Å². The molecule has 1 heterocycles. The van der Waals surface area contributed by atoms with Gasteiger partial charge in [0.25, 0.3) is 5.91 Å². The summed E-state index contributed by atoms with van der Waals surface area (Å²) in [7, 11) is 0. The molecule has 6 heteroatoms. The molecule has 0 radical (unpaired) electrons. The van der Waals surface area contributed by atoms with Crippen molar-refractivity contribution in [1.82, 2.24) is 4.98 Å². The van der Waals surface area contributed by atoms with Crippen LogP contribution in [0.1, 0.15) is 10.5 Å². The van der Waals surface area contributed by atoms with E-state index in [1.165, 1.54) is 18.2 Å². The predicted octanol–water partition coefficient (Wildman–Crippen LogP) is 3.93. The van der Waals surface area contributed by atoms with E-state index in [1.54, 1.807) is 12.3 Å². The summed E-state index contributed by atoms with van der Waals surface area (Å²) in [5, 5.41) is 2.60. The fourth-order valence-corrected chi connectivity index (χ4v) is 1.97. The van der Waals surface area contributed by atoms with Crippen molar-refractivity contribution in [3.8, 4) is 0 Å². The molecule has 0 saturated heterocycles. The molecule has 1 aromatic carbocycles. The number of carbonyl (C=O) groups excluding carboxylic acids is 1. The summed E-state index contributed by atoms with van der Waals surface area (Å²) >= 11 is 6.47. The molecule has 0 unspecified atom stereocenters. The van der Waals surface area contributed by atoms with E-state index in [0.717, 1.165) is 4.47 Å². The Labute approximate surface area is 114 Å². The third kappa shape index (κ3) is 2.95. The highest BCUT2D eigenvalue weighted by atomic mass is 79.9. The Balaban J connectivity index is 2.21. The molecule has 0 aliphatic carbocycles. The number of rotatable bonds is 2. The lowest BCUT2D eigenvalue weighted by Crippen LogP contribution is -2.12. The van der Waals surface area contributed by atoms with Crippen LogP contribution in [0.2, 0.25) is 0 Å². The number of H-pyrrole nitrogens is 1. The van der Waals surface area contributed by atoms with Crippen LogP contribution in [0.4, 0.5) is 10.1 Å². The van der Waals surface area contributed by atoms with Crippen LogP contribution < -0.4 is 5.32 Å². The first-order chi connectivity index (χ1) is 8.06. The van der Waals surface area contributed by atoms with E-state index in [-0.39, 0.29) is 5.91 Å². The second-order valence-electron chi connectivity index (χ2n) is 3.31. The maximum absolute atomic E-state index is 13.0. The molecule has 17 heavy (non-hydrogen) atoms. The van der Waals surface area contributed by atoms with E-state index in [0.29, 0.717) is 15.9 Å². The maximum atomic E-state index is 13.0. The predicted molar refractivity (Wildman–Crippen MR) is 70.5 cm³/mol. The molecule has 3 nitrogen and oxygen atoms in total. The monoisotopic (exact) mass is 360 g/mol. The zero-order valence-corrected chi connectivity index (χ0v) is 11.6. The van der Waals surface area contributed by atoms with Gasteiger partial charge in [-0.1, -0.05) is 0 Å². The molecular weight excluding hydrogens is 355 g/mol. The molecule has 0 saturated carbocycles. The van der Waals surface area contributed by atoms with Crippen molar-refractivity contribution in [3.63, 3.8) is 0 Å². The van der Waals surface area contributed by atoms with Crippen molar-refractivity contribution in [2.45, 2.75) is 0 Å². The third-order valence-corrected chi connectivity index (χ3v) is 3.22. The summed E-state index contributed by atoms with van der Waals surface area (Å²) in [5.41, 5.74) is 0.786. The lowest BCUT2D eigenvalue weighted by atomic mass is 10.3. The molecule has 0 spiro atoms. The zero-order chi connectivity index (χ0) is 12.4. The van der Waals surface area contributed by atoms with E-state index in [1.807, 2.05) is 0 Å². The maximum Gasteiger partial charge on any atom is 0.272 e. The number of aromatic amines is 1. The van der Waals surface area contributed by atoms with Crippen molar-refractivity contribution < 1.29 is 9.18 Å². The van der Waals surface area contributed by atoms with Crippen molar-refractivity contribution >= 4 is 43.5 Å². The van der Waals surface area contributed by atoms with Crippen LogP contribution >= 0.6 is 31.9 Å². The minimum atomic E-state index is -0.406. The number of nitrogens with one attached hydrogen (secondary N) is 2. The molecule has 0 bridgehead atoms. The summed E-state index contributed by atoms with van der Waals surface area (Å²) in [5.74, 6) is -0.738. The molecule has 0 atom stereocenters.